The van der Waals surface area contributed by atoms with Gasteiger partial charge in [0.25, 0.3) is 5.91 Å². The highest BCUT2D eigenvalue weighted by Crippen LogP contribution is 2.20. The van der Waals surface area contributed by atoms with Crippen molar-refractivity contribution in [2.24, 2.45) is 0 Å². The minimum absolute atomic E-state index is 0.0694. The number of methoxy groups -OCH3 is 1. The Morgan fingerprint density at radius 3 is 2.21 bits per heavy atom. The van der Waals surface area contributed by atoms with Crippen LogP contribution in [0.25, 0.3) is 0 Å². The van der Waals surface area contributed by atoms with Crippen LogP contribution in [0.2, 0.25) is 0 Å². The highest BCUT2D eigenvalue weighted by molar-refractivity contribution is 5.81. The Hall–Kier alpha value is -2.49. The predicted octanol–water partition coefficient (Wildman–Crippen LogP) is 3.96. The molecule has 0 saturated heterocycles. The normalized spacial score (nSPS) is 13.0. The summed E-state index contributed by atoms with van der Waals surface area (Å²) in [5, 5.41) is 3.01. The first-order valence-corrected chi connectivity index (χ1v) is 8.09. The third-order valence-corrected chi connectivity index (χ3v) is 3.99. The Bertz CT molecular complexity index is 695. The van der Waals surface area contributed by atoms with Gasteiger partial charge in [0.1, 0.15) is 11.5 Å². The highest BCUT2D eigenvalue weighted by Gasteiger charge is 2.18. The zero-order valence-corrected chi connectivity index (χ0v) is 14.9. The van der Waals surface area contributed by atoms with Gasteiger partial charge in [0.2, 0.25) is 0 Å². The molecule has 2 aromatic rings. The molecular weight excluding hydrogens is 302 g/mol. The molecular formula is C20H25NO3. The minimum Gasteiger partial charge on any atom is -0.497 e. The summed E-state index contributed by atoms with van der Waals surface area (Å²) in [7, 11) is 1.61. The number of hydrogen-bond donors (Lipinski definition) is 1. The lowest BCUT2D eigenvalue weighted by Gasteiger charge is -2.20. The summed E-state index contributed by atoms with van der Waals surface area (Å²) in [6.45, 7) is 7.84. The molecule has 2 aromatic carbocycles. The Kier molecular flexibility index (Phi) is 5.85. The molecule has 0 aliphatic heterocycles. The first-order valence-electron chi connectivity index (χ1n) is 8.09. The summed E-state index contributed by atoms with van der Waals surface area (Å²) >= 11 is 0. The van der Waals surface area contributed by atoms with Gasteiger partial charge in [0.05, 0.1) is 13.2 Å². The molecule has 0 radical (unpaired) electrons. The van der Waals surface area contributed by atoms with Crippen LogP contribution in [-0.4, -0.2) is 19.1 Å². The Balaban J connectivity index is 1.97. The second-order valence-corrected chi connectivity index (χ2v) is 6.03. The summed E-state index contributed by atoms with van der Waals surface area (Å²) in [4.78, 5) is 12.4. The van der Waals surface area contributed by atoms with Crippen molar-refractivity contribution in [3.63, 3.8) is 0 Å². The van der Waals surface area contributed by atoms with Crippen molar-refractivity contribution in [2.45, 2.75) is 39.8 Å². The molecule has 0 heterocycles. The monoisotopic (exact) mass is 327 g/mol. The number of ether oxygens (including phenoxy) is 2. The Labute approximate surface area is 143 Å². The number of benzene rings is 2. The van der Waals surface area contributed by atoms with E-state index >= 15 is 0 Å². The molecule has 1 amide bonds. The van der Waals surface area contributed by atoms with Crippen LogP contribution in [0, 0.1) is 13.8 Å². The Morgan fingerprint density at radius 2 is 1.62 bits per heavy atom. The van der Waals surface area contributed by atoms with Gasteiger partial charge < -0.3 is 14.8 Å². The van der Waals surface area contributed by atoms with Crippen molar-refractivity contribution in [1.82, 2.24) is 5.32 Å². The van der Waals surface area contributed by atoms with Crippen molar-refractivity contribution < 1.29 is 14.3 Å². The zero-order chi connectivity index (χ0) is 17.7. The largest absolute Gasteiger partial charge is 0.497 e. The van der Waals surface area contributed by atoms with Crippen molar-refractivity contribution in [3.05, 3.63) is 59.2 Å². The number of amides is 1. The van der Waals surface area contributed by atoms with Gasteiger partial charge in [-0.15, -0.1) is 0 Å². The van der Waals surface area contributed by atoms with Crippen molar-refractivity contribution in [3.8, 4) is 11.5 Å². The first kappa shape index (κ1) is 17.9. The van der Waals surface area contributed by atoms with Crippen LogP contribution in [0.4, 0.5) is 0 Å². The van der Waals surface area contributed by atoms with Crippen LogP contribution in [0.3, 0.4) is 0 Å². The van der Waals surface area contributed by atoms with E-state index in [1.54, 1.807) is 38.3 Å². The SMILES string of the molecule is COc1ccc(O[C@@H](C)C(=O)N[C@H](C)c2ccc(C)cc2C)cc1. The highest BCUT2D eigenvalue weighted by atomic mass is 16.5. The molecule has 0 fully saturated rings. The molecule has 2 rings (SSSR count). The van der Waals surface area contributed by atoms with Gasteiger partial charge in [0.15, 0.2) is 6.10 Å². The topological polar surface area (TPSA) is 47.6 Å². The molecule has 0 unspecified atom stereocenters. The fourth-order valence-electron chi connectivity index (χ4n) is 2.63. The van der Waals surface area contributed by atoms with E-state index in [0.29, 0.717) is 5.75 Å². The molecule has 0 aromatic heterocycles. The van der Waals surface area contributed by atoms with Gasteiger partial charge in [-0.2, -0.15) is 0 Å². The van der Waals surface area contributed by atoms with E-state index in [1.165, 1.54) is 11.1 Å². The maximum atomic E-state index is 12.4. The summed E-state index contributed by atoms with van der Waals surface area (Å²) in [6, 6.07) is 13.4. The van der Waals surface area contributed by atoms with Crippen LogP contribution in [0.15, 0.2) is 42.5 Å². The van der Waals surface area contributed by atoms with Crippen LogP contribution in [0.5, 0.6) is 11.5 Å². The Morgan fingerprint density at radius 1 is 1.00 bits per heavy atom. The smallest absolute Gasteiger partial charge is 0.261 e. The molecule has 0 aliphatic rings. The lowest BCUT2D eigenvalue weighted by Crippen LogP contribution is -2.37. The second kappa shape index (κ2) is 7.86. The molecule has 0 spiro atoms. The zero-order valence-electron chi connectivity index (χ0n) is 14.9. The summed E-state index contributed by atoms with van der Waals surface area (Å²) in [5.41, 5.74) is 3.50. The van der Waals surface area contributed by atoms with E-state index < -0.39 is 6.10 Å². The summed E-state index contributed by atoms with van der Waals surface area (Å²) < 4.78 is 10.8. The van der Waals surface area contributed by atoms with Crippen LogP contribution < -0.4 is 14.8 Å². The van der Waals surface area contributed by atoms with Crippen molar-refractivity contribution >= 4 is 5.91 Å². The lowest BCUT2D eigenvalue weighted by atomic mass is 10.0. The fraction of sp³-hybridized carbons (Fsp3) is 0.350. The molecule has 0 aliphatic carbocycles. The van der Waals surface area contributed by atoms with Gasteiger partial charge in [-0.25, -0.2) is 0 Å². The first-order chi connectivity index (χ1) is 11.4. The number of carbonyl (C=O) groups is 1. The van der Waals surface area contributed by atoms with Gasteiger partial charge in [0, 0.05) is 0 Å². The number of rotatable bonds is 6. The van der Waals surface area contributed by atoms with E-state index in [1.807, 2.05) is 6.92 Å². The second-order valence-electron chi connectivity index (χ2n) is 6.03. The van der Waals surface area contributed by atoms with Gasteiger partial charge in [-0.3, -0.25) is 4.79 Å². The third kappa shape index (κ3) is 4.51. The van der Waals surface area contributed by atoms with Gasteiger partial charge in [-0.1, -0.05) is 23.8 Å². The molecule has 0 bridgehead atoms. The number of carbonyl (C=O) groups excluding carboxylic acids is 1. The average molecular weight is 327 g/mol. The van der Waals surface area contributed by atoms with E-state index in [2.05, 4.69) is 37.4 Å². The third-order valence-electron chi connectivity index (χ3n) is 3.99. The minimum atomic E-state index is -0.577. The quantitative estimate of drug-likeness (QED) is 0.874. The van der Waals surface area contributed by atoms with Gasteiger partial charge >= 0.3 is 0 Å². The van der Waals surface area contributed by atoms with E-state index in [9.17, 15) is 4.79 Å². The summed E-state index contributed by atoms with van der Waals surface area (Å²) in [6.07, 6.45) is -0.577. The van der Waals surface area contributed by atoms with E-state index in [4.69, 9.17) is 9.47 Å². The molecule has 4 nitrogen and oxygen atoms in total. The van der Waals surface area contributed by atoms with Crippen molar-refractivity contribution in [2.75, 3.05) is 7.11 Å². The fourth-order valence-corrected chi connectivity index (χ4v) is 2.63. The summed E-state index contributed by atoms with van der Waals surface area (Å²) in [5.74, 6) is 1.25. The lowest BCUT2D eigenvalue weighted by molar-refractivity contribution is -0.127. The maximum Gasteiger partial charge on any atom is 0.261 e. The van der Waals surface area contributed by atoms with E-state index in [0.717, 1.165) is 11.3 Å². The molecule has 4 heteroatoms. The average Bonchev–Trinajstić information content (AvgIpc) is 2.55. The predicted molar refractivity (Wildman–Crippen MR) is 95.6 cm³/mol. The van der Waals surface area contributed by atoms with Crippen molar-refractivity contribution in [1.29, 1.82) is 0 Å². The molecule has 1 N–H and O–H groups in total. The van der Waals surface area contributed by atoms with Crippen LogP contribution in [-0.2, 0) is 4.79 Å². The number of aryl methyl sites for hydroxylation is 2. The number of hydrogen-bond acceptors (Lipinski definition) is 3. The van der Waals surface area contributed by atoms with Crippen LogP contribution in [0.1, 0.15) is 36.6 Å². The van der Waals surface area contributed by atoms with Crippen LogP contribution >= 0.6 is 0 Å². The van der Waals surface area contributed by atoms with Gasteiger partial charge in [-0.05, 0) is 63.1 Å². The molecule has 0 saturated carbocycles. The number of nitrogens with one attached hydrogen (secondary N) is 1. The molecule has 24 heavy (non-hydrogen) atoms. The standard InChI is InChI=1S/C20H25NO3/c1-13-6-11-19(14(2)12-13)15(3)21-20(22)16(4)24-18-9-7-17(23-5)8-10-18/h6-12,15-16H,1-5H3,(H,21,22)/t15-,16+/m1/s1. The maximum absolute atomic E-state index is 12.4. The molecule has 2 atom stereocenters. The molecule has 128 valence electrons. The van der Waals surface area contributed by atoms with E-state index in [-0.39, 0.29) is 11.9 Å².